The summed E-state index contributed by atoms with van der Waals surface area (Å²) in [4.78, 5) is 10.3. The number of nitrogens with two attached hydrogens (primary N) is 1. The molecule has 0 aliphatic rings. The van der Waals surface area contributed by atoms with Crippen LogP contribution in [-0.2, 0) is 4.79 Å². The Kier molecular flexibility index (Phi) is 3.44. The number of amides is 1. The van der Waals surface area contributed by atoms with E-state index in [0.717, 1.165) is 0 Å². The lowest BCUT2D eigenvalue weighted by molar-refractivity contribution is -0.130. The minimum Gasteiger partial charge on any atom is -0.319 e. The molecule has 0 rings (SSSR count). The van der Waals surface area contributed by atoms with E-state index in [2.05, 4.69) is 5.92 Å². The molecule has 1 amide bonds. The molecule has 0 saturated heterocycles. The summed E-state index contributed by atoms with van der Waals surface area (Å²) in [6, 6.07) is -0.806. The summed E-state index contributed by atoms with van der Waals surface area (Å²) in [5.41, 5.74) is 6.51. The average molecular weight is 128 g/mol. The molecule has 0 saturated carbocycles. The van der Waals surface area contributed by atoms with E-state index in [1.807, 2.05) is 0 Å². The first-order valence-corrected chi connectivity index (χ1v) is 2.35. The lowest BCUT2D eigenvalue weighted by Gasteiger charge is -2.02. The van der Waals surface area contributed by atoms with Crippen LogP contribution in [-0.4, -0.2) is 17.2 Å². The molecule has 1 atom stereocenters. The summed E-state index contributed by atoms with van der Waals surface area (Å²) >= 11 is 0. The molecule has 0 aliphatic heterocycles. The Labute approximate surface area is 53.0 Å². The molecule has 0 fully saturated rings. The normalized spacial score (nSPS) is 11.7. The van der Waals surface area contributed by atoms with Gasteiger partial charge in [0.2, 0.25) is 0 Å². The van der Waals surface area contributed by atoms with Crippen LogP contribution in [0.2, 0.25) is 0 Å². The zero-order valence-corrected chi connectivity index (χ0v) is 4.79. The van der Waals surface area contributed by atoms with Gasteiger partial charge in [-0.25, -0.2) is 5.48 Å². The Morgan fingerprint density at radius 1 is 2.00 bits per heavy atom. The Bertz CT molecular complexity index is 138. The molecule has 0 spiro atoms. The molecule has 0 heterocycles. The predicted molar refractivity (Wildman–Crippen MR) is 31.4 cm³/mol. The SMILES string of the molecule is C#CCC(N)C(=O)NO. The van der Waals surface area contributed by atoms with Crippen LogP contribution in [0.3, 0.4) is 0 Å². The second kappa shape index (κ2) is 3.89. The number of terminal acetylenes is 1. The van der Waals surface area contributed by atoms with Crippen molar-refractivity contribution in [2.45, 2.75) is 12.5 Å². The third kappa shape index (κ3) is 2.69. The zero-order chi connectivity index (χ0) is 7.28. The van der Waals surface area contributed by atoms with Gasteiger partial charge < -0.3 is 5.73 Å². The van der Waals surface area contributed by atoms with Crippen LogP contribution in [0, 0.1) is 12.3 Å². The molecule has 1 unspecified atom stereocenters. The second-order valence-electron chi connectivity index (χ2n) is 1.49. The topological polar surface area (TPSA) is 75.4 Å². The van der Waals surface area contributed by atoms with Crippen molar-refractivity contribution in [1.82, 2.24) is 5.48 Å². The van der Waals surface area contributed by atoms with E-state index in [-0.39, 0.29) is 6.42 Å². The summed E-state index contributed by atoms with van der Waals surface area (Å²) in [6.07, 6.45) is 4.96. The highest BCUT2D eigenvalue weighted by Gasteiger charge is 2.08. The van der Waals surface area contributed by atoms with Crippen LogP contribution in [0.1, 0.15) is 6.42 Å². The average Bonchev–Trinajstić information content (AvgIpc) is 1.87. The third-order valence-corrected chi connectivity index (χ3v) is 0.785. The first-order chi connectivity index (χ1) is 4.22. The Balaban J connectivity index is 3.62. The van der Waals surface area contributed by atoms with Crippen LogP contribution in [0.15, 0.2) is 0 Å². The smallest absolute Gasteiger partial charge is 0.261 e. The first-order valence-electron chi connectivity index (χ1n) is 2.35. The molecule has 50 valence electrons. The number of nitrogens with one attached hydrogen (secondary N) is 1. The molecule has 4 nitrogen and oxygen atoms in total. The van der Waals surface area contributed by atoms with Crippen LogP contribution < -0.4 is 11.2 Å². The summed E-state index contributed by atoms with van der Waals surface area (Å²) in [7, 11) is 0. The van der Waals surface area contributed by atoms with Crippen molar-refractivity contribution in [1.29, 1.82) is 0 Å². The van der Waals surface area contributed by atoms with Gasteiger partial charge in [0, 0.05) is 6.42 Å². The van der Waals surface area contributed by atoms with Crippen molar-refractivity contribution in [2.75, 3.05) is 0 Å². The molecule has 0 aromatic carbocycles. The number of carbonyl (C=O) groups excluding carboxylic acids is 1. The monoisotopic (exact) mass is 128 g/mol. The zero-order valence-electron chi connectivity index (χ0n) is 4.79. The van der Waals surface area contributed by atoms with Gasteiger partial charge in [0.15, 0.2) is 0 Å². The van der Waals surface area contributed by atoms with E-state index < -0.39 is 11.9 Å². The van der Waals surface area contributed by atoms with Crippen LogP contribution in [0.5, 0.6) is 0 Å². The minimum absolute atomic E-state index is 0.131. The van der Waals surface area contributed by atoms with E-state index in [1.54, 1.807) is 0 Å². The van der Waals surface area contributed by atoms with Crippen molar-refractivity contribution < 1.29 is 10.0 Å². The molecular formula is C5H8N2O2. The van der Waals surface area contributed by atoms with Gasteiger partial charge in [0.1, 0.15) is 0 Å². The summed E-state index contributed by atoms with van der Waals surface area (Å²) < 4.78 is 0. The van der Waals surface area contributed by atoms with E-state index in [4.69, 9.17) is 17.4 Å². The fourth-order valence-corrected chi connectivity index (χ4v) is 0.303. The van der Waals surface area contributed by atoms with Crippen LogP contribution in [0.4, 0.5) is 0 Å². The number of hydrogen-bond acceptors (Lipinski definition) is 3. The molecule has 0 aliphatic carbocycles. The quantitative estimate of drug-likeness (QED) is 0.249. The standard InChI is InChI=1S/C5H8N2O2/c1-2-3-4(6)5(8)7-9/h1,4,9H,3,6H2,(H,7,8). The van der Waals surface area contributed by atoms with E-state index in [1.165, 1.54) is 5.48 Å². The molecule has 0 radical (unpaired) electrons. The highest BCUT2D eigenvalue weighted by atomic mass is 16.5. The number of hydrogen-bond donors (Lipinski definition) is 3. The largest absolute Gasteiger partial charge is 0.319 e. The van der Waals surface area contributed by atoms with Crippen LogP contribution >= 0.6 is 0 Å². The van der Waals surface area contributed by atoms with Crippen molar-refractivity contribution in [2.24, 2.45) is 5.73 Å². The van der Waals surface area contributed by atoms with Crippen molar-refractivity contribution >= 4 is 5.91 Å². The minimum atomic E-state index is -0.806. The maximum Gasteiger partial charge on any atom is 0.261 e. The fraction of sp³-hybridized carbons (Fsp3) is 0.400. The van der Waals surface area contributed by atoms with Crippen molar-refractivity contribution in [3.63, 3.8) is 0 Å². The fourth-order valence-electron chi connectivity index (χ4n) is 0.303. The summed E-state index contributed by atoms with van der Waals surface area (Å²) in [6.45, 7) is 0. The highest BCUT2D eigenvalue weighted by molar-refractivity contribution is 5.80. The maximum absolute atomic E-state index is 10.3. The van der Waals surface area contributed by atoms with Crippen LogP contribution in [0.25, 0.3) is 0 Å². The molecule has 0 aromatic heterocycles. The Morgan fingerprint density at radius 3 is 2.89 bits per heavy atom. The van der Waals surface area contributed by atoms with Crippen molar-refractivity contribution in [3.8, 4) is 12.3 Å². The van der Waals surface area contributed by atoms with Gasteiger partial charge in [-0.2, -0.15) is 0 Å². The molecular weight excluding hydrogens is 120 g/mol. The van der Waals surface area contributed by atoms with Crippen molar-refractivity contribution in [3.05, 3.63) is 0 Å². The Morgan fingerprint density at radius 2 is 2.56 bits per heavy atom. The number of carbonyl (C=O) groups is 1. The van der Waals surface area contributed by atoms with Gasteiger partial charge in [0.25, 0.3) is 5.91 Å². The van der Waals surface area contributed by atoms with Gasteiger partial charge in [-0.15, -0.1) is 12.3 Å². The van der Waals surface area contributed by atoms with Gasteiger partial charge in [-0.1, -0.05) is 0 Å². The Hall–Kier alpha value is -1.05. The summed E-state index contributed by atoms with van der Waals surface area (Å²) in [5.74, 6) is 1.53. The van der Waals surface area contributed by atoms with E-state index in [9.17, 15) is 4.79 Å². The van der Waals surface area contributed by atoms with E-state index >= 15 is 0 Å². The first kappa shape index (κ1) is 7.95. The predicted octanol–water partition coefficient (Wildman–Crippen LogP) is -1.16. The lowest BCUT2D eigenvalue weighted by atomic mass is 10.2. The van der Waals surface area contributed by atoms with Gasteiger partial charge in [-0.05, 0) is 0 Å². The van der Waals surface area contributed by atoms with E-state index in [0.29, 0.717) is 0 Å². The number of hydroxylamine groups is 1. The maximum atomic E-state index is 10.3. The molecule has 9 heavy (non-hydrogen) atoms. The molecule has 4 N–H and O–H groups in total. The number of rotatable bonds is 2. The molecule has 0 bridgehead atoms. The van der Waals surface area contributed by atoms with Gasteiger partial charge in [0.05, 0.1) is 6.04 Å². The molecule has 0 aromatic rings. The van der Waals surface area contributed by atoms with Gasteiger partial charge in [-0.3, -0.25) is 10.0 Å². The summed E-state index contributed by atoms with van der Waals surface area (Å²) in [5, 5.41) is 7.98. The van der Waals surface area contributed by atoms with Gasteiger partial charge >= 0.3 is 0 Å². The molecule has 4 heteroatoms. The third-order valence-electron chi connectivity index (χ3n) is 0.785. The second-order valence-corrected chi connectivity index (χ2v) is 1.49. The lowest BCUT2D eigenvalue weighted by Crippen LogP contribution is -2.38. The highest BCUT2D eigenvalue weighted by Crippen LogP contribution is 1.82.